The van der Waals surface area contributed by atoms with E-state index in [0.717, 1.165) is 12.6 Å². The highest BCUT2D eigenvalue weighted by Crippen LogP contribution is 2.15. The molecule has 0 aliphatic carbocycles. The Balaban J connectivity index is 1.29. The Hall–Kier alpha value is -0.860. The van der Waals surface area contributed by atoms with Crippen LogP contribution in [0, 0.1) is 0 Å². The van der Waals surface area contributed by atoms with Gasteiger partial charge in [-0.15, -0.1) is 0 Å². The first-order valence-electron chi connectivity index (χ1n) is 13.9. The third-order valence-corrected chi connectivity index (χ3v) is 7.05. The highest BCUT2D eigenvalue weighted by atomic mass is 15.1. The van der Waals surface area contributed by atoms with Gasteiger partial charge in [0.1, 0.15) is 0 Å². The normalized spacial score (nSPS) is 15.5. The molecule has 1 aromatic carbocycles. The van der Waals surface area contributed by atoms with Crippen molar-refractivity contribution in [1.29, 1.82) is 0 Å². The molecule has 0 amide bonds. The summed E-state index contributed by atoms with van der Waals surface area (Å²) in [6.07, 6.45) is 24.3. The lowest BCUT2D eigenvalue weighted by Gasteiger charge is -2.32. The maximum absolute atomic E-state index is 3.83. The van der Waals surface area contributed by atoms with Gasteiger partial charge in [0.05, 0.1) is 0 Å². The number of rotatable bonds is 19. The molecule has 31 heavy (non-hydrogen) atoms. The van der Waals surface area contributed by atoms with E-state index in [4.69, 9.17) is 0 Å². The first-order chi connectivity index (χ1) is 15.4. The highest BCUT2D eigenvalue weighted by Gasteiger charge is 2.18. The molecule has 0 unspecified atom stereocenters. The van der Waals surface area contributed by atoms with Gasteiger partial charge in [-0.1, -0.05) is 127 Å². The molecule has 1 aromatic rings. The molecule has 0 spiro atoms. The maximum atomic E-state index is 3.83. The first-order valence-corrected chi connectivity index (χ1v) is 13.9. The lowest BCUT2D eigenvalue weighted by molar-refractivity contribution is 0.190. The second kappa shape index (κ2) is 18.7. The van der Waals surface area contributed by atoms with Crippen molar-refractivity contribution < 1.29 is 0 Å². The van der Waals surface area contributed by atoms with Crippen LogP contribution in [0.4, 0.5) is 0 Å². The predicted molar refractivity (Wildman–Crippen MR) is 138 cm³/mol. The van der Waals surface area contributed by atoms with E-state index in [1.54, 1.807) is 0 Å². The summed E-state index contributed by atoms with van der Waals surface area (Å²) in [6, 6.07) is 11.7. The van der Waals surface area contributed by atoms with E-state index in [1.165, 1.54) is 134 Å². The largest absolute Gasteiger partial charge is 0.314 e. The quantitative estimate of drug-likeness (QED) is 0.224. The van der Waals surface area contributed by atoms with E-state index in [0.29, 0.717) is 0 Å². The van der Waals surface area contributed by atoms with E-state index in [2.05, 4.69) is 47.5 Å². The van der Waals surface area contributed by atoms with Gasteiger partial charge in [-0.3, -0.25) is 4.90 Å². The van der Waals surface area contributed by atoms with E-state index >= 15 is 0 Å². The fraction of sp³-hybridized carbons (Fsp3) is 0.793. The summed E-state index contributed by atoms with van der Waals surface area (Å²) < 4.78 is 0. The van der Waals surface area contributed by atoms with Crippen LogP contribution in [0.15, 0.2) is 30.3 Å². The molecule has 1 fully saturated rings. The van der Waals surface area contributed by atoms with Gasteiger partial charge >= 0.3 is 0 Å². The summed E-state index contributed by atoms with van der Waals surface area (Å²) in [4.78, 5) is 2.61. The minimum Gasteiger partial charge on any atom is -0.314 e. The minimum atomic E-state index is 0.749. The SMILES string of the molecule is CCCCCCCCCCCCCCCCCNC1CCN(Cc2ccccc2)CC1. The van der Waals surface area contributed by atoms with Crippen molar-refractivity contribution in [3.63, 3.8) is 0 Å². The number of hydrogen-bond donors (Lipinski definition) is 1. The molecule has 0 atom stereocenters. The second-order valence-corrected chi connectivity index (χ2v) is 9.94. The van der Waals surface area contributed by atoms with Crippen LogP contribution in [0.1, 0.15) is 122 Å². The first kappa shape index (κ1) is 26.4. The standard InChI is InChI=1S/C29H52N2/c1-2-3-4-5-6-7-8-9-10-11-12-13-14-15-19-24-30-29-22-25-31(26-23-29)27-28-20-17-16-18-21-28/h16-18,20-21,29-30H,2-15,19,22-27H2,1H3. The van der Waals surface area contributed by atoms with Crippen LogP contribution < -0.4 is 5.32 Å². The number of unbranched alkanes of at least 4 members (excludes halogenated alkanes) is 14. The Bertz CT molecular complexity index is 493. The zero-order valence-electron chi connectivity index (χ0n) is 20.8. The van der Waals surface area contributed by atoms with Crippen molar-refractivity contribution in [3.05, 3.63) is 35.9 Å². The van der Waals surface area contributed by atoms with Crippen molar-refractivity contribution in [2.75, 3.05) is 19.6 Å². The van der Waals surface area contributed by atoms with Crippen LogP contribution in [0.25, 0.3) is 0 Å². The number of likely N-dealkylation sites (tertiary alicyclic amines) is 1. The Kier molecular flexibility index (Phi) is 15.9. The number of benzene rings is 1. The maximum Gasteiger partial charge on any atom is 0.0233 e. The summed E-state index contributed by atoms with van der Waals surface area (Å²) in [5, 5.41) is 3.83. The summed E-state index contributed by atoms with van der Waals surface area (Å²) in [7, 11) is 0. The zero-order chi connectivity index (χ0) is 21.8. The summed E-state index contributed by atoms with van der Waals surface area (Å²) in [6.45, 7) is 7.12. The third kappa shape index (κ3) is 14.0. The molecule has 178 valence electrons. The highest BCUT2D eigenvalue weighted by molar-refractivity contribution is 5.14. The van der Waals surface area contributed by atoms with Gasteiger partial charge in [0, 0.05) is 12.6 Å². The van der Waals surface area contributed by atoms with E-state index in [9.17, 15) is 0 Å². The molecule has 1 heterocycles. The second-order valence-electron chi connectivity index (χ2n) is 9.94. The van der Waals surface area contributed by atoms with Gasteiger partial charge in [-0.25, -0.2) is 0 Å². The van der Waals surface area contributed by atoms with E-state index in [1.807, 2.05) is 0 Å². The molecule has 1 aliphatic heterocycles. The predicted octanol–water partition coefficient (Wildman–Crippen LogP) is 8.11. The number of hydrogen-bond acceptors (Lipinski definition) is 2. The van der Waals surface area contributed by atoms with Gasteiger partial charge < -0.3 is 5.32 Å². The molecule has 0 aromatic heterocycles. The van der Waals surface area contributed by atoms with Crippen LogP contribution in [0.5, 0.6) is 0 Å². The molecule has 0 radical (unpaired) electrons. The summed E-state index contributed by atoms with van der Waals surface area (Å²) in [5.41, 5.74) is 1.45. The van der Waals surface area contributed by atoms with Gasteiger partial charge in [0.15, 0.2) is 0 Å². The van der Waals surface area contributed by atoms with Crippen LogP contribution in [-0.2, 0) is 6.54 Å². The monoisotopic (exact) mass is 428 g/mol. The fourth-order valence-electron chi connectivity index (χ4n) is 4.94. The molecule has 1 N–H and O–H groups in total. The molecule has 1 aliphatic rings. The molecule has 0 bridgehead atoms. The van der Waals surface area contributed by atoms with Crippen molar-refractivity contribution >= 4 is 0 Å². The Morgan fingerprint density at radius 2 is 1.16 bits per heavy atom. The van der Waals surface area contributed by atoms with Gasteiger partial charge in [0.2, 0.25) is 0 Å². The smallest absolute Gasteiger partial charge is 0.0233 e. The Labute approximate surface area is 194 Å². The van der Waals surface area contributed by atoms with Crippen LogP contribution >= 0.6 is 0 Å². The average Bonchev–Trinajstić information content (AvgIpc) is 2.80. The molecule has 2 nitrogen and oxygen atoms in total. The molecular formula is C29H52N2. The number of piperidine rings is 1. The Morgan fingerprint density at radius 1 is 0.677 bits per heavy atom. The zero-order valence-corrected chi connectivity index (χ0v) is 20.8. The topological polar surface area (TPSA) is 15.3 Å². The fourth-order valence-corrected chi connectivity index (χ4v) is 4.94. The summed E-state index contributed by atoms with van der Waals surface area (Å²) >= 11 is 0. The molecule has 2 heteroatoms. The lowest BCUT2D eigenvalue weighted by Crippen LogP contribution is -2.42. The molecule has 1 saturated heterocycles. The number of nitrogens with zero attached hydrogens (tertiary/aromatic N) is 1. The van der Waals surface area contributed by atoms with Crippen LogP contribution in [0.3, 0.4) is 0 Å². The minimum absolute atomic E-state index is 0.749. The van der Waals surface area contributed by atoms with Gasteiger partial charge in [-0.2, -0.15) is 0 Å². The molecule has 0 saturated carbocycles. The van der Waals surface area contributed by atoms with Crippen molar-refractivity contribution in [2.24, 2.45) is 0 Å². The van der Waals surface area contributed by atoms with Gasteiger partial charge in [-0.05, 0) is 44.5 Å². The van der Waals surface area contributed by atoms with Crippen molar-refractivity contribution in [1.82, 2.24) is 10.2 Å². The van der Waals surface area contributed by atoms with Crippen LogP contribution in [-0.4, -0.2) is 30.6 Å². The van der Waals surface area contributed by atoms with E-state index < -0.39 is 0 Å². The Morgan fingerprint density at radius 3 is 1.68 bits per heavy atom. The van der Waals surface area contributed by atoms with Gasteiger partial charge in [0.25, 0.3) is 0 Å². The van der Waals surface area contributed by atoms with Crippen molar-refractivity contribution in [2.45, 2.75) is 129 Å². The molecule has 2 rings (SSSR count). The third-order valence-electron chi connectivity index (χ3n) is 7.05. The van der Waals surface area contributed by atoms with E-state index in [-0.39, 0.29) is 0 Å². The lowest BCUT2D eigenvalue weighted by atomic mass is 10.0. The molecular weight excluding hydrogens is 376 g/mol. The average molecular weight is 429 g/mol. The number of nitrogens with one attached hydrogen (secondary N) is 1. The summed E-state index contributed by atoms with van der Waals surface area (Å²) in [5.74, 6) is 0. The van der Waals surface area contributed by atoms with Crippen molar-refractivity contribution in [3.8, 4) is 0 Å². The van der Waals surface area contributed by atoms with Crippen LogP contribution in [0.2, 0.25) is 0 Å².